The van der Waals surface area contributed by atoms with Crippen LogP contribution in [0.2, 0.25) is 0 Å². The summed E-state index contributed by atoms with van der Waals surface area (Å²) in [5, 5.41) is 2.76. The molecule has 0 saturated carbocycles. The molecule has 0 fully saturated rings. The summed E-state index contributed by atoms with van der Waals surface area (Å²) in [6.45, 7) is 5.83. The van der Waals surface area contributed by atoms with Gasteiger partial charge in [-0.15, -0.1) is 0 Å². The molecule has 0 aliphatic rings. The zero-order chi connectivity index (χ0) is 16.4. The van der Waals surface area contributed by atoms with Crippen molar-refractivity contribution in [2.24, 2.45) is 0 Å². The molecule has 0 aliphatic heterocycles. The van der Waals surface area contributed by atoms with E-state index in [0.717, 1.165) is 22.4 Å². The molecule has 0 atom stereocenters. The van der Waals surface area contributed by atoms with Gasteiger partial charge in [-0.2, -0.15) is 0 Å². The Morgan fingerprint density at radius 2 is 1.91 bits per heavy atom. The molecule has 0 spiro atoms. The van der Waals surface area contributed by atoms with Gasteiger partial charge in [0.15, 0.2) is 11.5 Å². The number of oxazole rings is 1. The minimum atomic E-state index is -0.0716. The van der Waals surface area contributed by atoms with Crippen LogP contribution in [0.25, 0.3) is 11.1 Å². The first kappa shape index (κ1) is 15.3. The molecule has 1 aromatic heterocycles. The van der Waals surface area contributed by atoms with Crippen LogP contribution < -0.4 is 5.32 Å². The number of fused-ring (bicyclic) bond motifs is 1. The SMILES string of the molecule is CC(=O)Nc1ccc(Cc2nc3cc(C(C)C)ccc3o2)cc1. The van der Waals surface area contributed by atoms with E-state index in [1.807, 2.05) is 30.3 Å². The first-order chi connectivity index (χ1) is 11.0. The number of nitrogens with one attached hydrogen (secondary N) is 1. The van der Waals surface area contributed by atoms with E-state index >= 15 is 0 Å². The molecule has 4 heteroatoms. The number of carbonyl (C=O) groups is 1. The molecule has 1 heterocycles. The Morgan fingerprint density at radius 1 is 1.17 bits per heavy atom. The number of carbonyl (C=O) groups excluding carboxylic acids is 1. The zero-order valence-electron chi connectivity index (χ0n) is 13.6. The number of benzene rings is 2. The summed E-state index contributed by atoms with van der Waals surface area (Å²) in [6, 6.07) is 13.9. The highest BCUT2D eigenvalue weighted by Crippen LogP contribution is 2.23. The highest BCUT2D eigenvalue weighted by molar-refractivity contribution is 5.88. The lowest BCUT2D eigenvalue weighted by Gasteiger charge is -2.02. The molecule has 118 valence electrons. The van der Waals surface area contributed by atoms with Crippen molar-refractivity contribution in [3.8, 4) is 0 Å². The third kappa shape index (κ3) is 3.59. The first-order valence-corrected chi connectivity index (χ1v) is 7.77. The third-order valence-electron chi connectivity index (χ3n) is 3.75. The van der Waals surface area contributed by atoms with Crippen LogP contribution in [0.15, 0.2) is 46.9 Å². The summed E-state index contributed by atoms with van der Waals surface area (Å²) in [4.78, 5) is 15.6. The number of rotatable bonds is 4. The minimum absolute atomic E-state index is 0.0716. The largest absolute Gasteiger partial charge is 0.440 e. The molecule has 0 radical (unpaired) electrons. The first-order valence-electron chi connectivity index (χ1n) is 7.77. The van der Waals surface area contributed by atoms with Crippen molar-refractivity contribution >= 4 is 22.7 Å². The van der Waals surface area contributed by atoms with Crippen molar-refractivity contribution in [3.05, 3.63) is 59.5 Å². The van der Waals surface area contributed by atoms with Gasteiger partial charge in [0, 0.05) is 19.0 Å². The average molecular weight is 308 g/mol. The molecular formula is C19H20N2O2. The molecule has 0 saturated heterocycles. The summed E-state index contributed by atoms with van der Waals surface area (Å²) in [5.74, 6) is 1.10. The van der Waals surface area contributed by atoms with E-state index < -0.39 is 0 Å². The molecule has 23 heavy (non-hydrogen) atoms. The molecule has 1 amide bonds. The summed E-state index contributed by atoms with van der Waals surface area (Å²) < 4.78 is 5.82. The normalized spacial score (nSPS) is 11.1. The molecule has 0 aliphatic carbocycles. The van der Waals surface area contributed by atoms with Gasteiger partial charge < -0.3 is 9.73 Å². The Balaban J connectivity index is 1.79. The van der Waals surface area contributed by atoms with E-state index in [4.69, 9.17) is 4.42 Å². The van der Waals surface area contributed by atoms with Crippen LogP contribution in [0.5, 0.6) is 0 Å². The Bertz CT molecular complexity index is 832. The monoisotopic (exact) mass is 308 g/mol. The van der Waals surface area contributed by atoms with Gasteiger partial charge in [0.25, 0.3) is 0 Å². The maximum Gasteiger partial charge on any atom is 0.221 e. The summed E-state index contributed by atoms with van der Waals surface area (Å²) >= 11 is 0. The minimum Gasteiger partial charge on any atom is -0.440 e. The fraction of sp³-hybridized carbons (Fsp3) is 0.263. The maximum absolute atomic E-state index is 11.0. The lowest BCUT2D eigenvalue weighted by atomic mass is 10.0. The maximum atomic E-state index is 11.0. The van der Waals surface area contributed by atoms with Crippen LogP contribution >= 0.6 is 0 Å². The standard InChI is InChI=1S/C19H20N2O2/c1-12(2)15-6-9-18-17(11-15)21-19(23-18)10-14-4-7-16(8-5-14)20-13(3)22/h4-9,11-12H,10H2,1-3H3,(H,20,22). The molecule has 2 aromatic carbocycles. The number of nitrogens with zero attached hydrogens (tertiary/aromatic N) is 1. The number of aromatic nitrogens is 1. The molecule has 1 N–H and O–H groups in total. The van der Waals surface area contributed by atoms with E-state index in [1.54, 1.807) is 0 Å². The van der Waals surface area contributed by atoms with E-state index in [2.05, 4.69) is 36.3 Å². The fourth-order valence-corrected chi connectivity index (χ4v) is 2.51. The summed E-state index contributed by atoms with van der Waals surface area (Å²) in [7, 11) is 0. The molecule has 0 bridgehead atoms. The third-order valence-corrected chi connectivity index (χ3v) is 3.75. The lowest BCUT2D eigenvalue weighted by Crippen LogP contribution is -2.05. The smallest absolute Gasteiger partial charge is 0.221 e. The van der Waals surface area contributed by atoms with Gasteiger partial charge in [0.05, 0.1) is 0 Å². The topological polar surface area (TPSA) is 55.1 Å². The number of hydrogen-bond acceptors (Lipinski definition) is 3. The van der Waals surface area contributed by atoms with Gasteiger partial charge in [0.2, 0.25) is 5.91 Å². The highest BCUT2D eigenvalue weighted by atomic mass is 16.3. The van der Waals surface area contributed by atoms with E-state index in [-0.39, 0.29) is 5.91 Å². The van der Waals surface area contributed by atoms with Crippen LogP contribution in [0, 0.1) is 0 Å². The van der Waals surface area contributed by atoms with Crippen LogP contribution in [-0.4, -0.2) is 10.9 Å². The van der Waals surface area contributed by atoms with Crippen molar-refractivity contribution in [2.75, 3.05) is 5.32 Å². The molecule has 4 nitrogen and oxygen atoms in total. The Morgan fingerprint density at radius 3 is 2.57 bits per heavy atom. The lowest BCUT2D eigenvalue weighted by molar-refractivity contribution is -0.114. The van der Waals surface area contributed by atoms with Gasteiger partial charge in [-0.05, 0) is 41.3 Å². The van der Waals surface area contributed by atoms with E-state index in [1.165, 1.54) is 12.5 Å². The molecule has 0 unspecified atom stereocenters. The predicted molar refractivity (Wildman–Crippen MR) is 91.6 cm³/mol. The Hall–Kier alpha value is -2.62. The Labute approximate surface area is 135 Å². The molecule has 3 aromatic rings. The summed E-state index contributed by atoms with van der Waals surface area (Å²) in [6.07, 6.45) is 0.631. The number of hydrogen-bond donors (Lipinski definition) is 1. The van der Waals surface area contributed by atoms with Gasteiger partial charge >= 0.3 is 0 Å². The summed E-state index contributed by atoms with van der Waals surface area (Å²) in [5.41, 5.74) is 4.87. The quantitative estimate of drug-likeness (QED) is 0.772. The van der Waals surface area contributed by atoms with Crippen LogP contribution in [0.3, 0.4) is 0 Å². The number of anilines is 1. The fourth-order valence-electron chi connectivity index (χ4n) is 2.51. The second-order valence-electron chi connectivity index (χ2n) is 6.04. The number of amides is 1. The van der Waals surface area contributed by atoms with Crippen LogP contribution in [0.1, 0.15) is 43.7 Å². The van der Waals surface area contributed by atoms with Crippen LogP contribution in [-0.2, 0) is 11.2 Å². The molecular weight excluding hydrogens is 288 g/mol. The van der Waals surface area contributed by atoms with Crippen molar-refractivity contribution in [1.82, 2.24) is 4.98 Å². The van der Waals surface area contributed by atoms with Crippen molar-refractivity contribution in [2.45, 2.75) is 33.1 Å². The molecule has 3 rings (SSSR count). The average Bonchev–Trinajstić information content (AvgIpc) is 2.90. The van der Waals surface area contributed by atoms with Crippen molar-refractivity contribution < 1.29 is 9.21 Å². The van der Waals surface area contributed by atoms with Gasteiger partial charge in [-0.25, -0.2) is 4.98 Å². The van der Waals surface area contributed by atoms with Crippen molar-refractivity contribution in [3.63, 3.8) is 0 Å². The van der Waals surface area contributed by atoms with Gasteiger partial charge in [-0.3, -0.25) is 4.79 Å². The van der Waals surface area contributed by atoms with Crippen molar-refractivity contribution in [1.29, 1.82) is 0 Å². The van der Waals surface area contributed by atoms with E-state index in [9.17, 15) is 4.79 Å². The Kier molecular flexibility index (Phi) is 4.15. The second-order valence-corrected chi connectivity index (χ2v) is 6.04. The predicted octanol–water partition coefficient (Wildman–Crippen LogP) is 4.50. The van der Waals surface area contributed by atoms with Crippen LogP contribution in [0.4, 0.5) is 5.69 Å². The van der Waals surface area contributed by atoms with E-state index in [0.29, 0.717) is 18.2 Å². The van der Waals surface area contributed by atoms with Gasteiger partial charge in [0.1, 0.15) is 5.52 Å². The zero-order valence-corrected chi connectivity index (χ0v) is 13.6. The second kappa shape index (κ2) is 6.24. The van der Waals surface area contributed by atoms with Gasteiger partial charge in [-0.1, -0.05) is 32.0 Å². The highest BCUT2D eigenvalue weighted by Gasteiger charge is 2.09.